The summed E-state index contributed by atoms with van der Waals surface area (Å²) in [5.74, 6) is 0.0838. The Hall–Kier alpha value is -1.62. The van der Waals surface area contributed by atoms with Gasteiger partial charge in [-0.3, -0.25) is 10.4 Å². The van der Waals surface area contributed by atoms with Crippen molar-refractivity contribution >= 4 is 11.5 Å². The highest BCUT2D eigenvalue weighted by Crippen LogP contribution is 2.25. The van der Waals surface area contributed by atoms with Gasteiger partial charge in [0.15, 0.2) is 0 Å². The first-order valence-electron chi connectivity index (χ1n) is 7.01. The van der Waals surface area contributed by atoms with E-state index in [2.05, 4.69) is 42.7 Å². The number of likely N-dealkylation sites (N-methyl/N-ethyl adjacent to an activating group) is 2. The summed E-state index contributed by atoms with van der Waals surface area (Å²) in [5.41, 5.74) is 9.31. The minimum atomic E-state index is 0.0838. The number of nitrogen functional groups attached to an aromatic ring is 1. The SMILES string of the molecule is CCN(c1cc(C)nc(C)c1C(=N)N)C(C)CN(C)C. The van der Waals surface area contributed by atoms with E-state index in [-0.39, 0.29) is 5.84 Å². The molecule has 0 fully saturated rings. The Morgan fingerprint density at radius 1 is 1.40 bits per heavy atom. The molecule has 1 atom stereocenters. The number of aryl methyl sites for hydroxylation is 2. The van der Waals surface area contributed by atoms with Crippen LogP contribution in [-0.2, 0) is 0 Å². The Balaban J connectivity index is 3.30. The summed E-state index contributed by atoms with van der Waals surface area (Å²) in [6.45, 7) is 10.0. The maximum Gasteiger partial charge on any atom is 0.126 e. The van der Waals surface area contributed by atoms with Gasteiger partial charge in [0.2, 0.25) is 0 Å². The number of rotatable bonds is 6. The molecule has 0 aliphatic heterocycles. The van der Waals surface area contributed by atoms with Crippen molar-refractivity contribution in [3.8, 4) is 0 Å². The largest absolute Gasteiger partial charge is 0.384 e. The fraction of sp³-hybridized carbons (Fsp3) is 0.600. The second-order valence-electron chi connectivity index (χ2n) is 5.55. The van der Waals surface area contributed by atoms with E-state index in [0.717, 1.165) is 35.7 Å². The van der Waals surface area contributed by atoms with Gasteiger partial charge in [0.05, 0.1) is 16.9 Å². The molecule has 1 unspecified atom stereocenters. The highest BCUT2D eigenvalue weighted by Gasteiger charge is 2.20. The fourth-order valence-electron chi connectivity index (χ4n) is 2.71. The molecule has 0 amide bonds. The third-order valence-electron chi connectivity index (χ3n) is 3.39. The number of amidine groups is 1. The number of nitrogens with two attached hydrogens (primary N) is 1. The van der Waals surface area contributed by atoms with Crippen molar-refractivity contribution in [1.82, 2.24) is 9.88 Å². The Morgan fingerprint density at radius 3 is 2.45 bits per heavy atom. The van der Waals surface area contributed by atoms with Crippen LogP contribution in [0.4, 0.5) is 5.69 Å². The van der Waals surface area contributed by atoms with Crippen LogP contribution in [0.15, 0.2) is 6.07 Å². The zero-order valence-electron chi connectivity index (χ0n) is 13.5. The van der Waals surface area contributed by atoms with Gasteiger partial charge in [-0.05, 0) is 47.9 Å². The number of pyridine rings is 1. The van der Waals surface area contributed by atoms with Crippen molar-refractivity contribution in [1.29, 1.82) is 5.41 Å². The summed E-state index contributed by atoms with van der Waals surface area (Å²) in [5, 5.41) is 7.84. The smallest absolute Gasteiger partial charge is 0.126 e. The maximum absolute atomic E-state index is 7.84. The average molecular weight is 277 g/mol. The first-order valence-corrected chi connectivity index (χ1v) is 7.01. The number of nitrogens with zero attached hydrogens (tertiary/aromatic N) is 3. The van der Waals surface area contributed by atoms with E-state index in [0.29, 0.717) is 6.04 Å². The van der Waals surface area contributed by atoms with Crippen LogP contribution >= 0.6 is 0 Å². The molecule has 0 bridgehead atoms. The zero-order chi connectivity index (χ0) is 15.4. The van der Waals surface area contributed by atoms with Gasteiger partial charge in [0.1, 0.15) is 5.84 Å². The molecule has 1 aromatic rings. The molecule has 1 rings (SSSR count). The second kappa shape index (κ2) is 6.70. The molecular formula is C15H27N5. The van der Waals surface area contributed by atoms with Crippen LogP contribution in [0, 0.1) is 19.3 Å². The highest BCUT2D eigenvalue weighted by atomic mass is 15.2. The quantitative estimate of drug-likeness (QED) is 0.614. The Labute approximate surface area is 122 Å². The summed E-state index contributed by atoms with van der Waals surface area (Å²) >= 11 is 0. The van der Waals surface area contributed by atoms with Crippen molar-refractivity contribution in [2.24, 2.45) is 5.73 Å². The van der Waals surface area contributed by atoms with Gasteiger partial charge in [-0.25, -0.2) is 0 Å². The number of hydrogen-bond donors (Lipinski definition) is 2. The van der Waals surface area contributed by atoms with Gasteiger partial charge in [0.25, 0.3) is 0 Å². The Morgan fingerprint density at radius 2 is 2.00 bits per heavy atom. The van der Waals surface area contributed by atoms with Crippen molar-refractivity contribution in [2.45, 2.75) is 33.7 Å². The number of aromatic nitrogens is 1. The molecule has 0 aliphatic rings. The number of nitrogens with one attached hydrogen (secondary N) is 1. The van der Waals surface area contributed by atoms with Gasteiger partial charge < -0.3 is 15.5 Å². The summed E-state index contributed by atoms with van der Waals surface area (Å²) < 4.78 is 0. The van der Waals surface area contributed by atoms with Crippen LogP contribution in [0.3, 0.4) is 0 Å². The van der Waals surface area contributed by atoms with Crippen LogP contribution in [0.5, 0.6) is 0 Å². The molecule has 0 saturated carbocycles. The first kappa shape index (κ1) is 16.4. The molecule has 5 heteroatoms. The lowest BCUT2D eigenvalue weighted by Crippen LogP contribution is -2.41. The average Bonchev–Trinajstić information content (AvgIpc) is 2.26. The Bertz CT molecular complexity index is 481. The van der Waals surface area contributed by atoms with Crippen LogP contribution in [0.2, 0.25) is 0 Å². The lowest BCUT2D eigenvalue weighted by Gasteiger charge is -2.34. The minimum Gasteiger partial charge on any atom is -0.384 e. The van der Waals surface area contributed by atoms with Gasteiger partial charge in [-0.15, -0.1) is 0 Å². The normalized spacial score (nSPS) is 12.6. The van der Waals surface area contributed by atoms with Crippen molar-refractivity contribution in [3.05, 3.63) is 23.0 Å². The number of hydrogen-bond acceptors (Lipinski definition) is 4. The van der Waals surface area contributed by atoms with Gasteiger partial charge >= 0.3 is 0 Å². The van der Waals surface area contributed by atoms with Crippen molar-refractivity contribution in [3.63, 3.8) is 0 Å². The minimum absolute atomic E-state index is 0.0838. The fourth-order valence-corrected chi connectivity index (χ4v) is 2.71. The molecule has 0 aromatic carbocycles. The van der Waals surface area contributed by atoms with E-state index in [1.807, 2.05) is 19.9 Å². The maximum atomic E-state index is 7.84. The lowest BCUT2D eigenvalue weighted by molar-refractivity contribution is 0.373. The topological polar surface area (TPSA) is 69.2 Å². The van der Waals surface area contributed by atoms with Crippen molar-refractivity contribution in [2.75, 3.05) is 32.1 Å². The highest BCUT2D eigenvalue weighted by molar-refractivity contribution is 6.01. The van der Waals surface area contributed by atoms with Crippen molar-refractivity contribution < 1.29 is 0 Å². The monoisotopic (exact) mass is 277 g/mol. The predicted molar refractivity (Wildman–Crippen MR) is 85.8 cm³/mol. The van der Waals surface area contributed by atoms with E-state index in [4.69, 9.17) is 11.1 Å². The van der Waals surface area contributed by atoms with Gasteiger partial charge in [0, 0.05) is 24.8 Å². The van der Waals surface area contributed by atoms with E-state index in [9.17, 15) is 0 Å². The molecule has 0 radical (unpaired) electrons. The molecule has 0 aliphatic carbocycles. The number of anilines is 1. The second-order valence-corrected chi connectivity index (χ2v) is 5.55. The van der Waals surface area contributed by atoms with Gasteiger partial charge in [-0.1, -0.05) is 0 Å². The van der Waals surface area contributed by atoms with E-state index in [1.165, 1.54) is 0 Å². The molecule has 3 N–H and O–H groups in total. The van der Waals surface area contributed by atoms with Crippen LogP contribution in [0.25, 0.3) is 0 Å². The molecule has 0 spiro atoms. The van der Waals surface area contributed by atoms with Crippen LogP contribution in [-0.4, -0.2) is 48.9 Å². The zero-order valence-corrected chi connectivity index (χ0v) is 13.5. The molecular weight excluding hydrogens is 250 g/mol. The summed E-state index contributed by atoms with van der Waals surface area (Å²) in [6, 6.07) is 2.37. The third kappa shape index (κ3) is 3.70. The predicted octanol–water partition coefficient (Wildman–Crippen LogP) is 1.76. The lowest BCUT2D eigenvalue weighted by atomic mass is 10.1. The van der Waals surface area contributed by atoms with E-state index in [1.54, 1.807) is 0 Å². The molecule has 5 nitrogen and oxygen atoms in total. The molecule has 112 valence electrons. The van der Waals surface area contributed by atoms with E-state index < -0.39 is 0 Å². The molecule has 1 aromatic heterocycles. The third-order valence-corrected chi connectivity index (χ3v) is 3.39. The summed E-state index contributed by atoms with van der Waals surface area (Å²) in [4.78, 5) is 8.89. The van der Waals surface area contributed by atoms with Gasteiger partial charge in [-0.2, -0.15) is 0 Å². The van der Waals surface area contributed by atoms with E-state index >= 15 is 0 Å². The summed E-state index contributed by atoms with van der Waals surface area (Å²) in [6.07, 6.45) is 0. The molecule has 20 heavy (non-hydrogen) atoms. The molecule has 1 heterocycles. The first-order chi connectivity index (χ1) is 9.27. The van der Waals surface area contributed by atoms with Crippen LogP contribution < -0.4 is 10.6 Å². The van der Waals surface area contributed by atoms with Crippen LogP contribution in [0.1, 0.15) is 30.8 Å². The Kier molecular flexibility index (Phi) is 5.51. The molecule has 0 saturated heterocycles. The standard InChI is InChI=1S/C15H27N5/c1-7-20(11(3)9-19(5)6)13-8-10(2)18-12(4)14(13)15(16)17/h8,11H,7,9H2,1-6H3,(H3,16,17). The summed E-state index contributed by atoms with van der Waals surface area (Å²) in [7, 11) is 4.14.